The molecule has 0 bridgehead atoms. The Kier molecular flexibility index (Phi) is 5.71. The van der Waals surface area contributed by atoms with Gasteiger partial charge in [0.05, 0.1) is 19.9 Å². The van der Waals surface area contributed by atoms with Gasteiger partial charge in [0.25, 0.3) is 0 Å². The molecule has 0 atom stereocenters. The van der Waals surface area contributed by atoms with E-state index in [1.807, 2.05) is 30.3 Å². The normalized spacial score (nSPS) is 17.2. The minimum Gasteiger partial charge on any atom is -0.497 e. The van der Waals surface area contributed by atoms with Gasteiger partial charge in [-0.15, -0.1) is 0 Å². The minimum atomic E-state index is -0.786. The van der Waals surface area contributed by atoms with Crippen LogP contribution in [0.15, 0.2) is 40.9 Å². The average molecular weight is 503 g/mol. The molecule has 0 aromatic heterocycles. The first kappa shape index (κ1) is 22.6. The zero-order chi connectivity index (χ0) is 23.3. The number of likely N-dealkylation sites (tertiary alicyclic amines) is 1. The number of imide groups is 1. The van der Waals surface area contributed by atoms with Gasteiger partial charge in [0.15, 0.2) is 0 Å². The van der Waals surface area contributed by atoms with Gasteiger partial charge in [-0.25, -0.2) is 9.69 Å². The number of carbonyl (C=O) groups excluding carboxylic acids is 2. The Hall–Kier alpha value is -2.58. The molecule has 2 aromatic carbocycles. The Morgan fingerprint density at radius 1 is 1.12 bits per heavy atom. The molecular weight excluding hydrogens is 476 g/mol. The topological polar surface area (TPSA) is 68.3 Å². The molecule has 8 heteroatoms. The zero-order valence-corrected chi connectivity index (χ0v) is 20.5. The van der Waals surface area contributed by atoms with Crippen molar-refractivity contribution in [1.82, 2.24) is 4.90 Å². The molecule has 1 spiro atoms. The van der Waals surface area contributed by atoms with Crippen molar-refractivity contribution in [2.45, 2.75) is 38.3 Å². The van der Waals surface area contributed by atoms with E-state index in [1.54, 1.807) is 41.1 Å². The van der Waals surface area contributed by atoms with Crippen molar-refractivity contribution >= 4 is 33.6 Å². The fourth-order valence-corrected chi connectivity index (χ4v) is 5.17. The van der Waals surface area contributed by atoms with Gasteiger partial charge < -0.3 is 14.2 Å². The standard InChI is InChI=1S/C24H27BrN2O5/c1-23(2,3)32-22(29)27-18-8-6-7-17(25)20(18)24(21(27)28)13-26(14-24)12-15-9-10-16(30-4)11-19(15)31-5/h6-11H,12-14H2,1-5H3. The number of hydrogen-bond donors (Lipinski definition) is 0. The monoisotopic (exact) mass is 502 g/mol. The van der Waals surface area contributed by atoms with E-state index in [2.05, 4.69) is 20.8 Å². The van der Waals surface area contributed by atoms with Crippen molar-refractivity contribution in [1.29, 1.82) is 0 Å². The molecule has 2 aliphatic heterocycles. The maximum absolute atomic E-state index is 13.6. The van der Waals surface area contributed by atoms with Crippen LogP contribution < -0.4 is 14.4 Å². The summed E-state index contributed by atoms with van der Waals surface area (Å²) >= 11 is 3.61. The van der Waals surface area contributed by atoms with Crippen LogP contribution in [-0.4, -0.2) is 49.8 Å². The predicted octanol–water partition coefficient (Wildman–Crippen LogP) is 4.50. The van der Waals surface area contributed by atoms with Crippen molar-refractivity contribution in [2.24, 2.45) is 0 Å². The molecule has 0 radical (unpaired) electrons. The highest BCUT2D eigenvalue weighted by Gasteiger charge is 2.60. The number of amides is 2. The predicted molar refractivity (Wildman–Crippen MR) is 124 cm³/mol. The highest BCUT2D eigenvalue weighted by Crippen LogP contribution is 2.51. The number of fused-ring (bicyclic) bond motifs is 2. The number of hydrogen-bond acceptors (Lipinski definition) is 6. The Bertz CT molecular complexity index is 1070. The molecule has 1 fully saturated rings. The quantitative estimate of drug-likeness (QED) is 0.612. The van der Waals surface area contributed by atoms with Gasteiger partial charge in [-0.1, -0.05) is 28.1 Å². The Labute approximate surface area is 196 Å². The summed E-state index contributed by atoms with van der Waals surface area (Å²) in [6, 6.07) is 11.2. The van der Waals surface area contributed by atoms with Gasteiger partial charge in [0.1, 0.15) is 22.5 Å². The van der Waals surface area contributed by atoms with Crippen LogP contribution in [0.2, 0.25) is 0 Å². The number of ether oxygens (including phenoxy) is 3. The van der Waals surface area contributed by atoms with E-state index in [1.165, 1.54) is 4.90 Å². The van der Waals surface area contributed by atoms with Crippen molar-refractivity contribution in [3.63, 3.8) is 0 Å². The zero-order valence-electron chi connectivity index (χ0n) is 18.9. The Balaban J connectivity index is 1.60. The lowest BCUT2D eigenvalue weighted by Gasteiger charge is -2.47. The van der Waals surface area contributed by atoms with Crippen LogP contribution >= 0.6 is 15.9 Å². The third-order valence-electron chi connectivity index (χ3n) is 5.77. The van der Waals surface area contributed by atoms with Crippen LogP contribution in [0.4, 0.5) is 10.5 Å². The fourth-order valence-electron chi connectivity index (χ4n) is 4.44. The molecule has 2 aromatic rings. The first-order chi connectivity index (χ1) is 15.1. The van der Waals surface area contributed by atoms with E-state index in [-0.39, 0.29) is 5.91 Å². The first-order valence-corrected chi connectivity index (χ1v) is 11.2. The molecule has 32 heavy (non-hydrogen) atoms. The van der Waals surface area contributed by atoms with Gasteiger partial charge in [-0.2, -0.15) is 0 Å². The number of carbonyl (C=O) groups is 2. The summed E-state index contributed by atoms with van der Waals surface area (Å²) < 4.78 is 17.1. The maximum atomic E-state index is 13.6. The average Bonchev–Trinajstić information content (AvgIpc) is 2.96. The largest absolute Gasteiger partial charge is 0.497 e. The summed E-state index contributed by atoms with van der Waals surface area (Å²) in [7, 11) is 3.24. The number of nitrogens with zero attached hydrogens (tertiary/aromatic N) is 2. The lowest BCUT2D eigenvalue weighted by atomic mass is 9.74. The molecule has 1 saturated heterocycles. The van der Waals surface area contributed by atoms with Gasteiger partial charge in [-0.3, -0.25) is 9.69 Å². The highest BCUT2D eigenvalue weighted by atomic mass is 79.9. The van der Waals surface area contributed by atoms with Crippen LogP contribution in [0.5, 0.6) is 11.5 Å². The van der Waals surface area contributed by atoms with Crippen LogP contribution in [0.25, 0.3) is 0 Å². The summed E-state index contributed by atoms with van der Waals surface area (Å²) in [6.07, 6.45) is -0.644. The molecule has 7 nitrogen and oxygen atoms in total. The minimum absolute atomic E-state index is 0.244. The SMILES string of the molecule is COc1ccc(CN2CC3(C2)C(=O)N(C(=O)OC(C)(C)C)c2cccc(Br)c23)c(OC)c1. The molecule has 0 unspecified atom stereocenters. The van der Waals surface area contributed by atoms with E-state index in [9.17, 15) is 9.59 Å². The van der Waals surface area contributed by atoms with E-state index in [0.29, 0.717) is 25.3 Å². The Morgan fingerprint density at radius 3 is 2.47 bits per heavy atom. The number of rotatable bonds is 4. The number of benzene rings is 2. The molecule has 2 amide bonds. The van der Waals surface area contributed by atoms with Crippen LogP contribution in [0.1, 0.15) is 31.9 Å². The molecule has 170 valence electrons. The van der Waals surface area contributed by atoms with E-state index >= 15 is 0 Å². The highest BCUT2D eigenvalue weighted by molar-refractivity contribution is 9.10. The summed E-state index contributed by atoms with van der Waals surface area (Å²) in [5, 5.41) is 0. The fraction of sp³-hybridized carbons (Fsp3) is 0.417. The molecule has 0 N–H and O–H groups in total. The third kappa shape index (κ3) is 3.75. The van der Waals surface area contributed by atoms with E-state index < -0.39 is 17.1 Å². The van der Waals surface area contributed by atoms with Crippen molar-refractivity contribution in [3.8, 4) is 11.5 Å². The lowest BCUT2D eigenvalue weighted by Crippen LogP contribution is -2.64. The smallest absolute Gasteiger partial charge is 0.421 e. The van der Waals surface area contributed by atoms with Gasteiger partial charge in [0, 0.05) is 41.3 Å². The second-order valence-electron chi connectivity index (χ2n) is 9.16. The molecule has 0 saturated carbocycles. The molecule has 2 heterocycles. The maximum Gasteiger partial charge on any atom is 0.421 e. The van der Waals surface area contributed by atoms with Crippen molar-refractivity contribution < 1.29 is 23.8 Å². The van der Waals surface area contributed by atoms with Crippen molar-refractivity contribution in [2.75, 3.05) is 32.2 Å². The van der Waals surface area contributed by atoms with Crippen LogP contribution in [0.3, 0.4) is 0 Å². The van der Waals surface area contributed by atoms with Gasteiger partial charge in [-0.05, 0) is 39.0 Å². The summed E-state index contributed by atoms with van der Waals surface area (Å²) in [4.78, 5) is 29.9. The molecule has 0 aliphatic carbocycles. The third-order valence-corrected chi connectivity index (χ3v) is 6.44. The summed E-state index contributed by atoms with van der Waals surface area (Å²) in [6.45, 7) is 6.98. The van der Waals surface area contributed by atoms with E-state index in [4.69, 9.17) is 14.2 Å². The number of anilines is 1. The second-order valence-corrected chi connectivity index (χ2v) is 10.0. The van der Waals surface area contributed by atoms with Gasteiger partial charge >= 0.3 is 6.09 Å². The van der Waals surface area contributed by atoms with Crippen LogP contribution in [0, 0.1) is 0 Å². The number of halogens is 1. The van der Waals surface area contributed by atoms with E-state index in [0.717, 1.165) is 27.1 Å². The van der Waals surface area contributed by atoms with Crippen LogP contribution in [-0.2, 0) is 21.5 Å². The first-order valence-electron chi connectivity index (χ1n) is 10.4. The second kappa shape index (κ2) is 8.08. The number of methoxy groups -OCH3 is 2. The summed E-state index contributed by atoms with van der Waals surface area (Å²) in [5.41, 5.74) is 0.945. The lowest BCUT2D eigenvalue weighted by molar-refractivity contribution is -0.129. The van der Waals surface area contributed by atoms with Crippen molar-refractivity contribution in [3.05, 3.63) is 52.0 Å². The van der Waals surface area contributed by atoms with Gasteiger partial charge in [0.2, 0.25) is 5.91 Å². The molecular formula is C24H27BrN2O5. The molecule has 2 aliphatic rings. The Morgan fingerprint density at radius 2 is 1.84 bits per heavy atom. The summed E-state index contributed by atoms with van der Waals surface area (Å²) in [5.74, 6) is 1.22. The molecule has 4 rings (SSSR count).